The maximum Gasteiger partial charge on any atom is 0.307 e. The van der Waals surface area contributed by atoms with Crippen molar-refractivity contribution in [2.24, 2.45) is 0 Å². The zero-order valence-electron chi connectivity index (χ0n) is 9.62. The van der Waals surface area contributed by atoms with Crippen LogP contribution < -0.4 is 0 Å². The van der Waals surface area contributed by atoms with E-state index < -0.39 is 0 Å². The Labute approximate surface area is 90.2 Å². The lowest BCUT2D eigenvalue weighted by Crippen LogP contribution is -2.10. The van der Waals surface area contributed by atoms with Gasteiger partial charge in [-0.2, -0.15) is 5.10 Å². The van der Waals surface area contributed by atoms with Gasteiger partial charge in [0.15, 0.2) is 0 Å². The number of esters is 1. The summed E-state index contributed by atoms with van der Waals surface area (Å²) in [5.41, 5.74) is 2.26. The molecule has 0 aliphatic carbocycles. The molecule has 0 spiro atoms. The van der Waals surface area contributed by atoms with Gasteiger partial charge in [0.1, 0.15) is 0 Å². The van der Waals surface area contributed by atoms with Crippen molar-refractivity contribution in [2.75, 3.05) is 7.11 Å². The molecule has 1 rings (SSSR count). The number of ether oxygens (including phenoxy) is 1. The number of aryl methyl sites for hydroxylation is 3. The molecule has 0 saturated carbocycles. The van der Waals surface area contributed by atoms with Gasteiger partial charge in [-0.1, -0.05) is 13.8 Å². The second kappa shape index (κ2) is 5.53. The van der Waals surface area contributed by atoms with Gasteiger partial charge >= 0.3 is 5.97 Å². The van der Waals surface area contributed by atoms with Crippen LogP contribution in [0.4, 0.5) is 0 Å². The Balaban J connectivity index is 2.66. The molecule has 4 nitrogen and oxygen atoms in total. The lowest BCUT2D eigenvalue weighted by Gasteiger charge is -2.04. The smallest absolute Gasteiger partial charge is 0.307 e. The maximum absolute atomic E-state index is 11.0. The predicted molar refractivity (Wildman–Crippen MR) is 57.6 cm³/mol. The molecule has 0 saturated heterocycles. The number of rotatable bonds is 5. The van der Waals surface area contributed by atoms with E-state index >= 15 is 0 Å². The van der Waals surface area contributed by atoms with Crippen molar-refractivity contribution in [3.8, 4) is 0 Å². The Morgan fingerprint density at radius 1 is 1.47 bits per heavy atom. The van der Waals surface area contributed by atoms with Crippen LogP contribution in [-0.2, 0) is 28.9 Å². The van der Waals surface area contributed by atoms with E-state index in [1.165, 1.54) is 12.8 Å². The summed E-state index contributed by atoms with van der Waals surface area (Å²) in [4.78, 5) is 11.0. The number of hydrogen-bond acceptors (Lipinski definition) is 3. The van der Waals surface area contributed by atoms with Crippen molar-refractivity contribution >= 4 is 5.97 Å². The first-order chi connectivity index (χ1) is 7.21. The zero-order valence-corrected chi connectivity index (χ0v) is 9.62. The van der Waals surface area contributed by atoms with Crippen molar-refractivity contribution < 1.29 is 9.53 Å². The van der Waals surface area contributed by atoms with Gasteiger partial charge in [0.2, 0.25) is 0 Å². The molecule has 0 N–H and O–H groups in total. The first kappa shape index (κ1) is 11.8. The number of methoxy groups -OCH3 is 1. The number of hydrogen-bond donors (Lipinski definition) is 0. The van der Waals surface area contributed by atoms with Crippen LogP contribution in [0.2, 0.25) is 0 Å². The molecule has 1 aromatic rings. The van der Waals surface area contributed by atoms with Crippen LogP contribution in [0.15, 0.2) is 6.07 Å². The lowest BCUT2D eigenvalue weighted by molar-refractivity contribution is -0.140. The summed E-state index contributed by atoms with van der Waals surface area (Å²) >= 11 is 0. The quantitative estimate of drug-likeness (QED) is 0.693. The van der Waals surface area contributed by atoms with E-state index in [2.05, 4.69) is 29.7 Å². The van der Waals surface area contributed by atoms with Gasteiger partial charge in [0.05, 0.1) is 25.8 Å². The molecule has 0 atom stereocenters. The van der Waals surface area contributed by atoms with Crippen LogP contribution in [-0.4, -0.2) is 22.9 Å². The van der Waals surface area contributed by atoms with Gasteiger partial charge in [-0.05, 0) is 18.9 Å². The molecule has 0 unspecified atom stereocenters. The molecular formula is C11H18N2O2. The molecule has 0 aliphatic rings. The molecule has 1 aromatic heterocycles. The molecule has 15 heavy (non-hydrogen) atoms. The molecular weight excluding hydrogens is 192 g/mol. The van der Waals surface area contributed by atoms with Gasteiger partial charge < -0.3 is 4.74 Å². The van der Waals surface area contributed by atoms with Crippen molar-refractivity contribution in [1.29, 1.82) is 0 Å². The molecule has 0 bridgehead atoms. The normalized spacial score (nSPS) is 10.3. The van der Waals surface area contributed by atoms with Crippen molar-refractivity contribution in [1.82, 2.24) is 9.78 Å². The van der Waals surface area contributed by atoms with Crippen LogP contribution in [0.5, 0.6) is 0 Å². The van der Waals surface area contributed by atoms with Gasteiger partial charge in [-0.25, -0.2) is 0 Å². The van der Waals surface area contributed by atoms with Crippen LogP contribution in [0.1, 0.15) is 31.7 Å². The van der Waals surface area contributed by atoms with Gasteiger partial charge in [0.25, 0.3) is 0 Å². The Morgan fingerprint density at radius 2 is 2.20 bits per heavy atom. The first-order valence-electron chi connectivity index (χ1n) is 5.33. The number of carbonyl (C=O) groups excluding carboxylic acids is 1. The lowest BCUT2D eigenvalue weighted by atomic mass is 10.2. The topological polar surface area (TPSA) is 44.1 Å². The fraction of sp³-hybridized carbons (Fsp3) is 0.636. The fourth-order valence-electron chi connectivity index (χ4n) is 1.47. The molecule has 84 valence electrons. The number of nitrogens with zero attached hydrogens (tertiary/aromatic N) is 2. The second-order valence-electron chi connectivity index (χ2n) is 3.38. The summed E-state index contributed by atoms with van der Waals surface area (Å²) in [5.74, 6) is -0.189. The highest BCUT2D eigenvalue weighted by atomic mass is 16.5. The van der Waals surface area contributed by atoms with E-state index in [9.17, 15) is 4.79 Å². The Bertz CT molecular complexity index is 331. The Morgan fingerprint density at radius 3 is 2.73 bits per heavy atom. The average Bonchev–Trinajstić information content (AvgIpc) is 2.68. The molecule has 0 aromatic carbocycles. The molecule has 0 amide bonds. The second-order valence-corrected chi connectivity index (χ2v) is 3.38. The Hall–Kier alpha value is -1.32. The van der Waals surface area contributed by atoms with E-state index in [1.807, 2.05) is 4.68 Å². The zero-order chi connectivity index (χ0) is 11.3. The Kier molecular flexibility index (Phi) is 4.34. The molecule has 0 fully saturated rings. The highest BCUT2D eigenvalue weighted by Crippen LogP contribution is 2.07. The number of carbonyl (C=O) groups is 1. The first-order valence-corrected chi connectivity index (χ1v) is 5.33. The van der Waals surface area contributed by atoms with E-state index in [0.29, 0.717) is 13.0 Å². The van der Waals surface area contributed by atoms with Crippen molar-refractivity contribution in [3.05, 3.63) is 17.5 Å². The summed E-state index contributed by atoms with van der Waals surface area (Å²) in [5, 5.41) is 4.41. The summed E-state index contributed by atoms with van der Waals surface area (Å²) < 4.78 is 6.50. The van der Waals surface area contributed by atoms with E-state index in [1.54, 1.807) is 0 Å². The highest BCUT2D eigenvalue weighted by Gasteiger charge is 2.07. The van der Waals surface area contributed by atoms with Crippen LogP contribution in [0.25, 0.3) is 0 Å². The minimum Gasteiger partial charge on any atom is -0.469 e. The van der Waals surface area contributed by atoms with Crippen molar-refractivity contribution in [3.63, 3.8) is 0 Å². The SMILES string of the molecule is CCc1cc(CC)n(CCC(=O)OC)n1. The van der Waals surface area contributed by atoms with Crippen LogP contribution in [0.3, 0.4) is 0 Å². The largest absolute Gasteiger partial charge is 0.469 e. The number of aromatic nitrogens is 2. The van der Waals surface area contributed by atoms with E-state index in [4.69, 9.17) is 0 Å². The third kappa shape index (κ3) is 3.08. The third-order valence-corrected chi connectivity index (χ3v) is 2.39. The minimum absolute atomic E-state index is 0.189. The maximum atomic E-state index is 11.0. The molecule has 0 aliphatic heterocycles. The summed E-state index contributed by atoms with van der Waals surface area (Å²) in [6.45, 7) is 4.77. The molecule has 1 heterocycles. The van der Waals surface area contributed by atoms with Crippen LogP contribution in [0, 0.1) is 0 Å². The summed E-state index contributed by atoms with van der Waals surface area (Å²) in [6, 6.07) is 2.09. The fourth-order valence-corrected chi connectivity index (χ4v) is 1.47. The summed E-state index contributed by atoms with van der Waals surface area (Å²) in [7, 11) is 1.41. The standard InChI is InChI=1S/C11H18N2O2/c1-4-9-8-10(5-2)13(12-9)7-6-11(14)15-3/h8H,4-7H2,1-3H3. The monoisotopic (exact) mass is 210 g/mol. The summed E-state index contributed by atoms with van der Waals surface area (Å²) in [6.07, 6.45) is 2.25. The third-order valence-electron chi connectivity index (χ3n) is 2.39. The average molecular weight is 210 g/mol. The van der Waals surface area contributed by atoms with Crippen molar-refractivity contribution in [2.45, 2.75) is 39.7 Å². The van der Waals surface area contributed by atoms with Gasteiger partial charge in [0, 0.05) is 5.69 Å². The van der Waals surface area contributed by atoms with Gasteiger partial charge in [-0.3, -0.25) is 9.48 Å². The predicted octanol–water partition coefficient (Wildman–Crippen LogP) is 1.57. The van der Waals surface area contributed by atoms with Crippen LogP contribution >= 0.6 is 0 Å². The van der Waals surface area contributed by atoms with Gasteiger partial charge in [-0.15, -0.1) is 0 Å². The molecule has 4 heteroatoms. The highest BCUT2D eigenvalue weighted by molar-refractivity contribution is 5.68. The van der Waals surface area contributed by atoms with E-state index in [-0.39, 0.29) is 5.97 Å². The molecule has 0 radical (unpaired) electrons. The van der Waals surface area contributed by atoms with E-state index in [0.717, 1.165) is 18.5 Å². The minimum atomic E-state index is -0.189.